The van der Waals surface area contributed by atoms with Gasteiger partial charge >= 0.3 is 6.98 Å². The highest BCUT2D eigenvalue weighted by molar-refractivity contribution is 6.74. The number of benzene rings is 2. The molecule has 0 aliphatic carbocycles. The Labute approximate surface area is 124 Å². The fourth-order valence-electron chi connectivity index (χ4n) is 1.70. The second-order valence-electron chi connectivity index (χ2n) is 4.11. The van der Waals surface area contributed by atoms with E-state index in [2.05, 4.69) is 0 Å². The van der Waals surface area contributed by atoms with Gasteiger partial charge in [0.05, 0.1) is 15.8 Å². The van der Waals surface area contributed by atoms with E-state index in [9.17, 15) is 12.9 Å². The maximum atomic E-state index is 12.9. The zero-order valence-electron chi connectivity index (χ0n) is 10.1. The largest absolute Gasteiger partial charge is 0.513 e. The molecule has 0 aliphatic heterocycles. The van der Waals surface area contributed by atoms with Crippen LogP contribution in [0.2, 0.25) is 10.0 Å². The van der Waals surface area contributed by atoms with E-state index in [1.807, 2.05) is 0 Å². The normalized spacial score (nSPS) is 11.4. The van der Waals surface area contributed by atoms with Crippen molar-refractivity contribution in [2.45, 2.75) is 6.61 Å². The van der Waals surface area contributed by atoms with Gasteiger partial charge in [-0.15, -0.1) is 0 Å². The van der Waals surface area contributed by atoms with E-state index in [0.29, 0.717) is 10.6 Å². The number of ether oxygens (including phenoxy) is 1. The van der Waals surface area contributed by atoms with E-state index in [1.165, 1.54) is 18.2 Å². The van der Waals surface area contributed by atoms with Crippen LogP contribution in [0.1, 0.15) is 5.56 Å². The van der Waals surface area contributed by atoms with Crippen LogP contribution in [0.4, 0.5) is 12.9 Å². The minimum atomic E-state index is -5.12. The molecule has 0 radical (unpaired) electrons. The fourth-order valence-corrected chi connectivity index (χ4v) is 2.07. The topological polar surface area (TPSA) is 9.23 Å². The van der Waals surface area contributed by atoms with Gasteiger partial charge in [-0.25, -0.2) is 0 Å². The third-order valence-electron chi connectivity index (χ3n) is 2.69. The zero-order valence-corrected chi connectivity index (χ0v) is 11.6. The molecule has 7 heteroatoms. The molecular weight excluding hydrogens is 311 g/mol. The van der Waals surface area contributed by atoms with Crippen LogP contribution in [-0.4, -0.2) is 6.98 Å². The Kier molecular flexibility index (Phi) is 4.50. The first-order chi connectivity index (χ1) is 9.39. The second-order valence-corrected chi connectivity index (χ2v) is 4.90. The molecule has 2 aromatic carbocycles. The van der Waals surface area contributed by atoms with Gasteiger partial charge in [0.15, 0.2) is 0 Å². The molecule has 0 saturated carbocycles. The number of hydrogen-bond donors (Lipinski definition) is 0. The van der Waals surface area contributed by atoms with Crippen molar-refractivity contribution in [2.24, 2.45) is 0 Å². The highest BCUT2D eigenvalue weighted by Crippen LogP contribution is 2.27. The van der Waals surface area contributed by atoms with Crippen molar-refractivity contribution in [2.75, 3.05) is 0 Å². The van der Waals surface area contributed by atoms with Crippen LogP contribution in [0.3, 0.4) is 0 Å². The summed E-state index contributed by atoms with van der Waals surface area (Å²) in [5, 5.41) is 0.616. The molecule has 0 saturated heterocycles. The predicted molar refractivity (Wildman–Crippen MR) is 75.9 cm³/mol. The van der Waals surface area contributed by atoms with Crippen LogP contribution in [-0.2, 0) is 6.61 Å². The Balaban J connectivity index is 2.22. The van der Waals surface area contributed by atoms with Gasteiger partial charge in [0, 0.05) is 5.56 Å². The van der Waals surface area contributed by atoms with Crippen molar-refractivity contribution in [3.8, 4) is 5.75 Å². The lowest BCUT2D eigenvalue weighted by Crippen LogP contribution is -2.35. The monoisotopic (exact) mass is 319 g/mol. The molecule has 0 atom stereocenters. The standard InChI is InChI=1S/C13H9BCl2F3O/c15-11-6-3-4-9(13(11)16)8-20-12-7-2-1-5-10(12)14(17,18)19/h1-7H,8H2/q-1. The lowest BCUT2D eigenvalue weighted by atomic mass is 9.79. The third-order valence-corrected chi connectivity index (χ3v) is 3.54. The maximum absolute atomic E-state index is 12.9. The summed E-state index contributed by atoms with van der Waals surface area (Å²) in [6.45, 7) is -5.20. The Morgan fingerprint density at radius 1 is 0.950 bits per heavy atom. The van der Waals surface area contributed by atoms with Gasteiger partial charge in [-0.1, -0.05) is 59.0 Å². The van der Waals surface area contributed by atoms with Crippen molar-refractivity contribution in [3.05, 3.63) is 58.1 Å². The molecule has 106 valence electrons. The van der Waals surface area contributed by atoms with E-state index in [4.69, 9.17) is 27.9 Å². The molecule has 0 spiro atoms. The molecule has 0 unspecified atom stereocenters. The highest BCUT2D eigenvalue weighted by Gasteiger charge is 2.28. The van der Waals surface area contributed by atoms with Crippen LogP contribution in [0, 0.1) is 0 Å². The van der Waals surface area contributed by atoms with Gasteiger partial charge in [0.25, 0.3) is 0 Å². The molecule has 0 aromatic heterocycles. The van der Waals surface area contributed by atoms with Gasteiger partial charge in [-0.3, -0.25) is 0 Å². The second kappa shape index (κ2) is 5.98. The summed E-state index contributed by atoms with van der Waals surface area (Å²) in [6.07, 6.45) is 0. The Hall–Kier alpha value is -1.33. The smallest absolute Gasteiger partial charge is 0.492 e. The summed E-state index contributed by atoms with van der Waals surface area (Å²) in [6, 6.07) is 9.99. The molecule has 1 nitrogen and oxygen atoms in total. The average molecular weight is 320 g/mol. The van der Waals surface area contributed by atoms with E-state index in [0.717, 1.165) is 6.07 Å². The van der Waals surface area contributed by atoms with Crippen molar-refractivity contribution < 1.29 is 17.7 Å². The zero-order chi connectivity index (χ0) is 14.8. The van der Waals surface area contributed by atoms with E-state index < -0.39 is 12.4 Å². The summed E-state index contributed by atoms with van der Waals surface area (Å²) in [4.78, 5) is 0. The molecule has 20 heavy (non-hydrogen) atoms. The molecular formula is C13H9BCl2F3O-. The first kappa shape index (κ1) is 15.1. The molecule has 0 heterocycles. The van der Waals surface area contributed by atoms with Crippen molar-refractivity contribution >= 4 is 35.6 Å². The predicted octanol–water partition coefficient (Wildman–Crippen LogP) is 4.63. The van der Waals surface area contributed by atoms with Gasteiger partial charge < -0.3 is 17.7 Å². The van der Waals surface area contributed by atoms with Crippen LogP contribution >= 0.6 is 23.2 Å². The van der Waals surface area contributed by atoms with Crippen molar-refractivity contribution in [1.29, 1.82) is 0 Å². The lowest BCUT2D eigenvalue weighted by Gasteiger charge is -2.19. The Morgan fingerprint density at radius 2 is 1.65 bits per heavy atom. The molecule has 2 aromatic rings. The number of halogens is 5. The summed E-state index contributed by atoms with van der Waals surface area (Å²) in [5.74, 6) is -0.212. The molecule has 2 rings (SSSR count). The maximum Gasteiger partial charge on any atom is 0.513 e. The van der Waals surface area contributed by atoms with Crippen molar-refractivity contribution in [3.63, 3.8) is 0 Å². The van der Waals surface area contributed by atoms with Gasteiger partial charge in [-0.05, 0) is 12.1 Å². The van der Waals surface area contributed by atoms with Gasteiger partial charge in [0.2, 0.25) is 0 Å². The molecule has 0 bridgehead atoms. The first-order valence-corrected chi connectivity index (χ1v) is 6.49. The Bertz CT molecular complexity index is 617. The summed E-state index contributed by atoms with van der Waals surface area (Å²) in [7, 11) is 0. The average Bonchev–Trinajstić information content (AvgIpc) is 2.40. The molecule has 0 N–H and O–H groups in total. The molecule has 0 amide bonds. The van der Waals surface area contributed by atoms with Crippen LogP contribution in [0.25, 0.3) is 0 Å². The SMILES string of the molecule is F[B-](F)(F)c1ccccc1OCc1cccc(Cl)c1Cl. The lowest BCUT2D eigenvalue weighted by molar-refractivity contribution is 0.307. The van der Waals surface area contributed by atoms with E-state index in [1.54, 1.807) is 18.2 Å². The summed E-state index contributed by atoms with van der Waals surface area (Å²) < 4.78 is 43.8. The molecule has 0 aliphatic rings. The van der Waals surface area contributed by atoms with E-state index >= 15 is 0 Å². The van der Waals surface area contributed by atoms with Gasteiger partial charge in [-0.2, -0.15) is 0 Å². The number of para-hydroxylation sites is 1. The van der Waals surface area contributed by atoms with Crippen LogP contribution in [0.15, 0.2) is 42.5 Å². The van der Waals surface area contributed by atoms with Crippen LogP contribution in [0.5, 0.6) is 5.75 Å². The summed E-state index contributed by atoms with van der Waals surface area (Å²) in [5.41, 5.74) is -0.228. The number of rotatable bonds is 4. The summed E-state index contributed by atoms with van der Waals surface area (Å²) >= 11 is 11.8. The third kappa shape index (κ3) is 3.41. The minimum absolute atomic E-state index is 0.0808. The minimum Gasteiger partial charge on any atom is -0.492 e. The van der Waals surface area contributed by atoms with Gasteiger partial charge in [0.1, 0.15) is 6.61 Å². The Morgan fingerprint density at radius 3 is 2.35 bits per heavy atom. The van der Waals surface area contributed by atoms with Crippen molar-refractivity contribution in [1.82, 2.24) is 0 Å². The quantitative estimate of drug-likeness (QED) is 0.747. The number of hydrogen-bond acceptors (Lipinski definition) is 1. The fraction of sp³-hybridized carbons (Fsp3) is 0.0769. The highest BCUT2D eigenvalue weighted by atomic mass is 35.5. The van der Waals surface area contributed by atoms with Crippen LogP contribution < -0.4 is 10.2 Å². The van der Waals surface area contributed by atoms with E-state index in [-0.39, 0.29) is 17.4 Å². The molecule has 0 fully saturated rings. The first-order valence-electron chi connectivity index (χ1n) is 5.74.